The number of benzene rings is 4. The van der Waals surface area contributed by atoms with E-state index in [9.17, 15) is 28.8 Å². The van der Waals surface area contributed by atoms with E-state index >= 15 is 0 Å². The predicted octanol–water partition coefficient (Wildman–Crippen LogP) is 7.83. The van der Waals surface area contributed by atoms with E-state index < -0.39 is 6.09 Å². The zero-order valence-corrected chi connectivity index (χ0v) is 34.0. The van der Waals surface area contributed by atoms with Gasteiger partial charge in [0.15, 0.2) is 5.78 Å². The maximum atomic E-state index is 12.6. The quantitative estimate of drug-likeness (QED) is 0.0298. The van der Waals surface area contributed by atoms with Gasteiger partial charge in [-0.25, -0.2) is 9.59 Å². The number of urea groups is 1. The first-order valence-electron chi connectivity index (χ1n) is 20.1. The lowest BCUT2D eigenvalue weighted by atomic mass is 9.99. The first kappa shape index (κ1) is 45.9. The number of amides is 4. The van der Waals surface area contributed by atoms with Gasteiger partial charge in [-0.3, -0.25) is 24.5 Å². The number of allylic oxidation sites excluding steroid dienone is 1. The Bertz CT molecular complexity index is 1900. The second-order valence-corrected chi connectivity index (χ2v) is 14.2. The van der Waals surface area contributed by atoms with E-state index in [2.05, 4.69) is 34.4 Å². The van der Waals surface area contributed by atoms with Crippen LogP contribution in [0.4, 0.5) is 21.0 Å². The molecule has 0 aliphatic rings. The molecule has 0 atom stereocenters. The third-order valence-electron chi connectivity index (χ3n) is 9.32. The van der Waals surface area contributed by atoms with Crippen LogP contribution in [0.15, 0.2) is 122 Å². The summed E-state index contributed by atoms with van der Waals surface area (Å²) in [6, 6.07) is 30.6. The smallest absolute Gasteiger partial charge is 0.411 e. The van der Waals surface area contributed by atoms with E-state index in [1.165, 1.54) is 6.08 Å². The van der Waals surface area contributed by atoms with Crippen molar-refractivity contribution in [1.82, 2.24) is 10.6 Å². The van der Waals surface area contributed by atoms with Crippen molar-refractivity contribution in [2.75, 3.05) is 36.9 Å². The number of hydrogen-bond acceptors (Lipinski definition) is 8. The van der Waals surface area contributed by atoms with E-state index in [-0.39, 0.29) is 55.7 Å². The molecule has 4 amide bonds. The van der Waals surface area contributed by atoms with Gasteiger partial charge in [-0.2, -0.15) is 0 Å². The zero-order valence-electron chi connectivity index (χ0n) is 34.0. The molecular formula is C48H54N4O8. The van der Waals surface area contributed by atoms with Crippen LogP contribution in [0.1, 0.15) is 71.9 Å². The van der Waals surface area contributed by atoms with Gasteiger partial charge in [-0.15, -0.1) is 0 Å². The van der Waals surface area contributed by atoms with E-state index in [1.54, 1.807) is 12.1 Å². The molecule has 0 aliphatic carbocycles. The summed E-state index contributed by atoms with van der Waals surface area (Å²) >= 11 is 0. The molecule has 4 aromatic carbocycles. The van der Waals surface area contributed by atoms with Crippen molar-refractivity contribution in [3.63, 3.8) is 0 Å². The average Bonchev–Trinajstić information content (AvgIpc) is 3.25. The second kappa shape index (κ2) is 25.5. The van der Waals surface area contributed by atoms with Crippen LogP contribution >= 0.6 is 0 Å². The van der Waals surface area contributed by atoms with Crippen molar-refractivity contribution < 1.29 is 38.2 Å². The van der Waals surface area contributed by atoms with Gasteiger partial charge in [-0.05, 0) is 102 Å². The molecular weight excluding hydrogens is 761 g/mol. The number of nitrogens with one attached hydrogen (secondary N) is 4. The number of carbonyl (C=O) groups is 6. The van der Waals surface area contributed by atoms with Gasteiger partial charge < -0.3 is 25.4 Å². The summed E-state index contributed by atoms with van der Waals surface area (Å²) in [5.41, 5.74) is 7.44. The minimum atomic E-state index is -0.575. The van der Waals surface area contributed by atoms with Crippen molar-refractivity contribution >= 4 is 46.9 Å². The minimum Gasteiger partial charge on any atom is -0.464 e. The highest BCUT2D eigenvalue weighted by Crippen LogP contribution is 2.17. The zero-order chi connectivity index (χ0) is 43.0. The van der Waals surface area contributed by atoms with Crippen molar-refractivity contribution in [3.8, 4) is 0 Å². The third kappa shape index (κ3) is 18.2. The Balaban J connectivity index is 1.04. The molecule has 12 heteroatoms. The largest absolute Gasteiger partial charge is 0.464 e. The maximum absolute atomic E-state index is 12.6. The topological polar surface area (TPSA) is 169 Å². The number of carbonyl (C=O) groups excluding carboxylic acids is 6. The van der Waals surface area contributed by atoms with E-state index in [1.807, 2.05) is 84.9 Å². The standard InChI is InChI=1S/C48H54N4O8/c1-3-43(53)10-8-29-60-48(58)52-42-25-21-38(22-26-42)32-37-19-23-41(24-20-37)51-47(57)50-27-7-5-6-9-44(54)33-39-15-11-35(12-16-39)31-36-13-17-40(18-14-36)34-46(56)59-30-28-49-45(55)4-2/h3-4,11-26H,1-2,5-10,27-34H2,(H,49,55)(H,52,58)(H2,50,51,57). The number of unbranched alkanes of at least 4 members (excludes halogenated alkanes) is 2. The summed E-state index contributed by atoms with van der Waals surface area (Å²) < 4.78 is 10.3. The van der Waals surface area contributed by atoms with Crippen LogP contribution in [0.25, 0.3) is 0 Å². The number of esters is 1. The normalized spacial score (nSPS) is 10.5. The van der Waals surface area contributed by atoms with Gasteiger partial charge in [0.25, 0.3) is 0 Å². The Labute approximate surface area is 351 Å². The molecule has 314 valence electrons. The molecule has 0 aromatic heterocycles. The number of ketones is 2. The van der Waals surface area contributed by atoms with Gasteiger partial charge in [0.2, 0.25) is 5.91 Å². The summed E-state index contributed by atoms with van der Waals surface area (Å²) in [6.07, 6.45) is 7.36. The van der Waals surface area contributed by atoms with Crippen LogP contribution in [-0.4, -0.2) is 61.9 Å². The molecule has 0 radical (unpaired) electrons. The highest BCUT2D eigenvalue weighted by atomic mass is 16.5. The molecule has 60 heavy (non-hydrogen) atoms. The first-order chi connectivity index (χ1) is 29.1. The molecule has 0 fully saturated rings. The summed E-state index contributed by atoms with van der Waals surface area (Å²) in [6.45, 7) is 7.78. The van der Waals surface area contributed by atoms with Crippen LogP contribution in [-0.2, 0) is 54.3 Å². The molecule has 0 saturated carbocycles. The Morgan fingerprint density at radius 1 is 0.500 bits per heavy atom. The molecule has 0 saturated heterocycles. The van der Waals surface area contributed by atoms with Crippen LogP contribution < -0.4 is 21.3 Å². The van der Waals surface area contributed by atoms with Crippen molar-refractivity contribution in [2.24, 2.45) is 0 Å². The molecule has 0 bridgehead atoms. The van der Waals surface area contributed by atoms with Crippen LogP contribution in [0.2, 0.25) is 0 Å². The van der Waals surface area contributed by atoms with E-state index in [0.29, 0.717) is 50.0 Å². The summed E-state index contributed by atoms with van der Waals surface area (Å²) in [5, 5.41) is 11.0. The summed E-state index contributed by atoms with van der Waals surface area (Å²) in [7, 11) is 0. The molecule has 0 spiro atoms. The molecule has 0 heterocycles. The molecule has 12 nitrogen and oxygen atoms in total. The average molecular weight is 815 g/mol. The van der Waals surface area contributed by atoms with Crippen molar-refractivity contribution in [2.45, 2.75) is 64.2 Å². The fourth-order valence-corrected chi connectivity index (χ4v) is 6.05. The highest BCUT2D eigenvalue weighted by molar-refractivity contribution is 5.90. The maximum Gasteiger partial charge on any atom is 0.411 e. The van der Waals surface area contributed by atoms with Crippen LogP contribution in [0.3, 0.4) is 0 Å². The first-order valence-corrected chi connectivity index (χ1v) is 20.1. The lowest BCUT2D eigenvalue weighted by molar-refractivity contribution is -0.143. The Kier molecular flexibility index (Phi) is 19.5. The Morgan fingerprint density at radius 3 is 1.60 bits per heavy atom. The van der Waals surface area contributed by atoms with E-state index in [4.69, 9.17) is 9.47 Å². The van der Waals surface area contributed by atoms with Gasteiger partial charge in [0.1, 0.15) is 12.4 Å². The number of hydrogen-bond donors (Lipinski definition) is 4. The lowest BCUT2D eigenvalue weighted by Gasteiger charge is -2.09. The van der Waals surface area contributed by atoms with Gasteiger partial charge >= 0.3 is 18.1 Å². The third-order valence-corrected chi connectivity index (χ3v) is 9.32. The van der Waals surface area contributed by atoms with Gasteiger partial charge in [0.05, 0.1) is 19.6 Å². The predicted molar refractivity (Wildman–Crippen MR) is 233 cm³/mol. The second-order valence-electron chi connectivity index (χ2n) is 14.2. The summed E-state index contributed by atoms with van der Waals surface area (Å²) in [4.78, 5) is 71.5. The number of anilines is 2. The SMILES string of the molecule is C=CC(=O)CCCOC(=O)Nc1ccc(Cc2ccc(NC(=O)NCCCCCC(=O)Cc3ccc(Cc4ccc(CC(=O)OCCNC(=O)C=C)cc4)cc3)cc2)cc1. The minimum absolute atomic E-state index is 0.0842. The molecule has 4 rings (SSSR count). The molecule has 4 N–H and O–H groups in total. The number of rotatable bonds is 25. The molecule has 0 unspecified atom stereocenters. The number of Topliss-reactive ketones (excluding diaryl/α,β-unsaturated/α-hetero) is 1. The van der Waals surface area contributed by atoms with E-state index in [0.717, 1.165) is 65.1 Å². The van der Waals surface area contributed by atoms with Crippen LogP contribution in [0.5, 0.6) is 0 Å². The molecule has 0 aliphatic heterocycles. The molecule has 4 aromatic rings. The van der Waals surface area contributed by atoms with Gasteiger partial charge in [-0.1, -0.05) is 92.4 Å². The Hall–Kier alpha value is -6.82. The van der Waals surface area contributed by atoms with Crippen molar-refractivity contribution in [3.05, 3.63) is 156 Å². The number of ether oxygens (including phenoxy) is 2. The summed E-state index contributed by atoms with van der Waals surface area (Å²) in [5.74, 6) is -0.568. The fraction of sp³-hybridized carbons (Fsp3) is 0.292. The lowest BCUT2D eigenvalue weighted by Crippen LogP contribution is -2.29. The Morgan fingerprint density at radius 2 is 1.03 bits per heavy atom. The monoisotopic (exact) mass is 814 g/mol. The highest BCUT2D eigenvalue weighted by Gasteiger charge is 2.09. The van der Waals surface area contributed by atoms with Gasteiger partial charge in [0, 0.05) is 37.2 Å². The van der Waals surface area contributed by atoms with Crippen molar-refractivity contribution in [1.29, 1.82) is 0 Å². The van der Waals surface area contributed by atoms with Crippen LogP contribution in [0, 0.1) is 0 Å². The fourth-order valence-electron chi connectivity index (χ4n) is 6.05.